The van der Waals surface area contributed by atoms with Crippen LogP contribution in [0.2, 0.25) is 5.02 Å². The molecule has 82 valence electrons. The number of rotatable bonds is 1. The van der Waals surface area contributed by atoms with Gasteiger partial charge in [-0.15, -0.1) is 0 Å². The Kier molecular flexibility index (Phi) is 3.01. The van der Waals surface area contributed by atoms with Gasteiger partial charge in [-0.1, -0.05) is 29.8 Å². The molecule has 0 atom stereocenters. The van der Waals surface area contributed by atoms with Gasteiger partial charge in [0.15, 0.2) is 0 Å². The number of nitrogens with one attached hydrogen (secondary N) is 1. The van der Waals surface area contributed by atoms with Crippen LogP contribution in [-0.4, -0.2) is 18.2 Å². The van der Waals surface area contributed by atoms with Gasteiger partial charge in [0, 0.05) is 10.6 Å². The topological polar surface area (TPSA) is 32.3 Å². The molecule has 2 rings (SSSR count). The van der Waals surface area contributed by atoms with Crippen molar-refractivity contribution in [1.29, 1.82) is 0 Å². The summed E-state index contributed by atoms with van der Waals surface area (Å²) in [4.78, 5) is 0. The first-order valence-electron chi connectivity index (χ1n) is 5.32. The van der Waals surface area contributed by atoms with E-state index in [-0.39, 0.29) is 0 Å². The molecule has 1 aromatic carbocycles. The summed E-state index contributed by atoms with van der Waals surface area (Å²) in [6, 6.07) is 5.85. The largest absolute Gasteiger partial charge is 0.385 e. The van der Waals surface area contributed by atoms with Crippen LogP contribution in [0.25, 0.3) is 0 Å². The minimum absolute atomic E-state index is 0.710. The van der Waals surface area contributed by atoms with E-state index in [9.17, 15) is 5.11 Å². The van der Waals surface area contributed by atoms with Crippen LogP contribution in [0.5, 0.6) is 0 Å². The van der Waals surface area contributed by atoms with E-state index in [1.165, 1.54) is 0 Å². The molecular formula is C12H16ClNO. The first-order valence-corrected chi connectivity index (χ1v) is 5.70. The molecule has 2 nitrogen and oxygen atoms in total. The normalized spacial score (nSPS) is 20.2. The van der Waals surface area contributed by atoms with Crippen molar-refractivity contribution in [3.05, 3.63) is 34.3 Å². The number of aliphatic hydroxyl groups is 1. The molecule has 1 aliphatic rings. The van der Waals surface area contributed by atoms with Gasteiger partial charge in [-0.25, -0.2) is 0 Å². The van der Waals surface area contributed by atoms with Crippen LogP contribution >= 0.6 is 11.6 Å². The Morgan fingerprint density at radius 2 is 2.00 bits per heavy atom. The second kappa shape index (κ2) is 4.12. The van der Waals surface area contributed by atoms with Gasteiger partial charge < -0.3 is 10.4 Å². The summed E-state index contributed by atoms with van der Waals surface area (Å²) >= 11 is 6.24. The van der Waals surface area contributed by atoms with Crippen molar-refractivity contribution in [2.75, 3.05) is 13.1 Å². The molecule has 0 unspecified atom stereocenters. The number of benzene rings is 1. The van der Waals surface area contributed by atoms with E-state index in [2.05, 4.69) is 5.32 Å². The summed E-state index contributed by atoms with van der Waals surface area (Å²) < 4.78 is 0. The highest BCUT2D eigenvalue weighted by atomic mass is 35.5. The maximum Gasteiger partial charge on any atom is 0.0935 e. The van der Waals surface area contributed by atoms with Crippen LogP contribution in [0.3, 0.4) is 0 Å². The Hall–Kier alpha value is -0.570. The van der Waals surface area contributed by atoms with E-state index in [1.807, 2.05) is 25.1 Å². The molecule has 15 heavy (non-hydrogen) atoms. The van der Waals surface area contributed by atoms with Crippen LogP contribution < -0.4 is 5.32 Å². The summed E-state index contributed by atoms with van der Waals surface area (Å²) in [5.74, 6) is 0. The van der Waals surface area contributed by atoms with Gasteiger partial charge in [0.25, 0.3) is 0 Å². The highest BCUT2D eigenvalue weighted by Gasteiger charge is 2.33. The number of piperidine rings is 1. The molecule has 0 amide bonds. The molecule has 1 aromatic rings. The van der Waals surface area contributed by atoms with Crippen molar-refractivity contribution in [3.63, 3.8) is 0 Å². The molecule has 3 heteroatoms. The summed E-state index contributed by atoms with van der Waals surface area (Å²) in [5, 5.41) is 14.5. The van der Waals surface area contributed by atoms with Crippen LogP contribution in [0.1, 0.15) is 24.0 Å². The first-order chi connectivity index (χ1) is 7.13. The Bertz CT molecular complexity index is 359. The Morgan fingerprint density at radius 1 is 1.33 bits per heavy atom. The Labute approximate surface area is 95.3 Å². The van der Waals surface area contributed by atoms with Crippen molar-refractivity contribution in [2.45, 2.75) is 25.4 Å². The second-order valence-corrected chi connectivity index (χ2v) is 4.60. The summed E-state index contributed by atoms with van der Waals surface area (Å²) in [7, 11) is 0. The molecule has 0 spiro atoms. The van der Waals surface area contributed by atoms with Crippen molar-refractivity contribution in [1.82, 2.24) is 5.32 Å². The zero-order chi connectivity index (χ0) is 10.9. The van der Waals surface area contributed by atoms with Crippen molar-refractivity contribution in [3.8, 4) is 0 Å². The molecule has 1 saturated heterocycles. The van der Waals surface area contributed by atoms with Crippen LogP contribution in [0, 0.1) is 6.92 Å². The van der Waals surface area contributed by atoms with E-state index in [4.69, 9.17) is 11.6 Å². The third-order valence-corrected chi connectivity index (χ3v) is 3.63. The van der Waals surface area contributed by atoms with Crippen LogP contribution in [0.4, 0.5) is 0 Å². The lowest BCUT2D eigenvalue weighted by atomic mass is 9.84. The minimum Gasteiger partial charge on any atom is -0.385 e. The van der Waals surface area contributed by atoms with Gasteiger partial charge in [-0.05, 0) is 38.4 Å². The zero-order valence-electron chi connectivity index (χ0n) is 8.89. The average molecular weight is 226 g/mol. The van der Waals surface area contributed by atoms with Gasteiger partial charge in [-0.3, -0.25) is 0 Å². The molecule has 0 aromatic heterocycles. The third kappa shape index (κ3) is 2.03. The molecule has 2 N–H and O–H groups in total. The summed E-state index contributed by atoms with van der Waals surface area (Å²) in [5.41, 5.74) is 1.17. The quantitative estimate of drug-likeness (QED) is 0.768. The number of hydrogen-bond donors (Lipinski definition) is 2. The minimum atomic E-state index is -0.742. The number of halogens is 1. The maximum absolute atomic E-state index is 10.5. The maximum atomic E-state index is 10.5. The first kappa shape index (κ1) is 10.9. The lowest BCUT2D eigenvalue weighted by Gasteiger charge is -2.34. The molecule has 1 heterocycles. The fraction of sp³-hybridized carbons (Fsp3) is 0.500. The Morgan fingerprint density at radius 3 is 2.67 bits per heavy atom. The van der Waals surface area contributed by atoms with E-state index in [1.54, 1.807) is 0 Å². The lowest BCUT2D eigenvalue weighted by molar-refractivity contribution is 0.00599. The zero-order valence-corrected chi connectivity index (χ0v) is 9.64. The highest BCUT2D eigenvalue weighted by Crippen LogP contribution is 2.36. The number of aryl methyl sites for hydroxylation is 1. The smallest absolute Gasteiger partial charge is 0.0935 e. The average Bonchev–Trinajstić information content (AvgIpc) is 2.23. The van der Waals surface area contributed by atoms with Gasteiger partial charge in [-0.2, -0.15) is 0 Å². The highest BCUT2D eigenvalue weighted by molar-refractivity contribution is 6.32. The summed E-state index contributed by atoms with van der Waals surface area (Å²) in [6.07, 6.45) is 1.46. The van der Waals surface area contributed by atoms with Crippen molar-refractivity contribution in [2.24, 2.45) is 0 Å². The van der Waals surface area contributed by atoms with Crippen molar-refractivity contribution < 1.29 is 5.11 Å². The predicted octanol–water partition coefficient (Wildman–Crippen LogP) is 2.22. The van der Waals surface area contributed by atoms with Crippen LogP contribution in [-0.2, 0) is 5.60 Å². The van der Waals surface area contributed by atoms with E-state index >= 15 is 0 Å². The van der Waals surface area contributed by atoms with E-state index < -0.39 is 5.60 Å². The van der Waals surface area contributed by atoms with E-state index in [0.717, 1.165) is 37.1 Å². The van der Waals surface area contributed by atoms with E-state index in [0.29, 0.717) is 5.02 Å². The molecule has 0 saturated carbocycles. The lowest BCUT2D eigenvalue weighted by Crippen LogP contribution is -2.39. The monoisotopic (exact) mass is 225 g/mol. The molecule has 0 aliphatic carbocycles. The Balaban J connectivity index is 2.39. The van der Waals surface area contributed by atoms with Crippen molar-refractivity contribution >= 4 is 11.6 Å². The molecule has 1 aliphatic heterocycles. The molecular weight excluding hydrogens is 210 g/mol. The SMILES string of the molecule is Cc1cccc(C2(O)CCNCC2)c1Cl. The van der Waals surface area contributed by atoms with Crippen LogP contribution in [0.15, 0.2) is 18.2 Å². The fourth-order valence-electron chi connectivity index (χ4n) is 2.12. The predicted molar refractivity (Wildman–Crippen MR) is 62.2 cm³/mol. The fourth-order valence-corrected chi connectivity index (χ4v) is 2.42. The molecule has 0 radical (unpaired) electrons. The van der Waals surface area contributed by atoms with Gasteiger partial charge >= 0.3 is 0 Å². The van der Waals surface area contributed by atoms with Gasteiger partial charge in [0.1, 0.15) is 0 Å². The number of hydrogen-bond acceptors (Lipinski definition) is 2. The van der Waals surface area contributed by atoms with Gasteiger partial charge in [0.05, 0.1) is 5.60 Å². The third-order valence-electron chi connectivity index (χ3n) is 3.12. The van der Waals surface area contributed by atoms with Gasteiger partial charge in [0.2, 0.25) is 0 Å². The summed E-state index contributed by atoms with van der Waals surface area (Å²) in [6.45, 7) is 3.66. The molecule has 1 fully saturated rings. The standard InChI is InChI=1S/C12H16ClNO/c1-9-3-2-4-10(11(9)13)12(15)5-7-14-8-6-12/h2-4,14-15H,5-8H2,1H3. The second-order valence-electron chi connectivity index (χ2n) is 4.22. The molecule has 0 bridgehead atoms.